The monoisotopic (exact) mass is 342 g/mol. The first kappa shape index (κ1) is 18.0. The summed E-state index contributed by atoms with van der Waals surface area (Å²) in [5.74, 6) is 0.667. The van der Waals surface area contributed by atoms with Crippen LogP contribution in [0.1, 0.15) is 37.2 Å². The molecule has 2 aromatic heterocycles. The summed E-state index contributed by atoms with van der Waals surface area (Å²) in [6.45, 7) is 11.9. The molecule has 1 aliphatic rings. The summed E-state index contributed by atoms with van der Waals surface area (Å²) in [5, 5.41) is 8.10. The molecule has 1 aliphatic heterocycles. The highest BCUT2D eigenvalue weighted by molar-refractivity contribution is 5.13. The van der Waals surface area contributed by atoms with E-state index in [1.807, 2.05) is 31.0 Å². The SMILES string of the molecule is CC[C@H](C)[C@@H]1CN(Cc2ccc(C)nc2)CCN1Cc1cnnn1C. The Bertz CT molecular complexity index is 665. The molecule has 6 heteroatoms. The Balaban J connectivity index is 1.67. The molecule has 25 heavy (non-hydrogen) atoms. The zero-order valence-corrected chi connectivity index (χ0v) is 15.9. The summed E-state index contributed by atoms with van der Waals surface area (Å²) in [5.41, 5.74) is 3.57. The van der Waals surface area contributed by atoms with E-state index < -0.39 is 0 Å². The number of piperazine rings is 1. The van der Waals surface area contributed by atoms with Crippen molar-refractivity contribution >= 4 is 0 Å². The Labute approximate surface area is 150 Å². The maximum Gasteiger partial charge on any atom is 0.0738 e. The Morgan fingerprint density at radius 3 is 2.68 bits per heavy atom. The largest absolute Gasteiger partial charge is 0.296 e. The second-order valence-electron chi connectivity index (χ2n) is 7.32. The van der Waals surface area contributed by atoms with E-state index in [0.29, 0.717) is 12.0 Å². The van der Waals surface area contributed by atoms with Crippen molar-refractivity contribution in [3.05, 3.63) is 41.5 Å². The third kappa shape index (κ3) is 4.44. The number of aromatic nitrogens is 4. The van der Waals surface area contributed by atoms with Gasteiger partial charge in [0.1, 0.15) is 0 Å². The van der Waals surface area contributed by atoms with Gasteiger partial charge in [0.25, 0.3) is 0 Å². The third-order valence-corrected chi connectivity index (χ3v) is 5.47. The van der Waals surface area contributed by atoms with Gasteiger partial charge in [-0.1, -0.05) is 31.5 Å². The van der Waals surface area contributed by atoms with Crippen LogP contribution in [-0.2, 0) is 20.1 Å². The first-order valence-electron chi connectivity index (χ1n) is 9.28. The van der Waals surface area contributed by atoms with Gasteiger partial charge >= 0.3 is 0 Å². The zero-order valence-electron chi connectivity index (χ0n) is 15.9. The number of aryl methyl sites for hydroxylation is 2. The van der Waals surface area contributed by atoms with Gasteiger partial charge in [-0.25, -0.2) is 0 Å². The molecule has 0 radical (unpaired) electrons. The molecule has 2 aromatic rings. The fraction of sp³-hybridized carbons (Fsp3) is 0.632. The van der Waals surface area contributed by atoms with Crippen molar-refractivity contribution in [3.63, 3.8) is 0 Å². The van der Waals surface area contributed by atoms with Gasteiger partial charge in [-0.3, -0.25) is 19.5 Å². The summed E-state index contributed by atoms with van der Waals surface area (Å²) in [7, 11) is 1.97. The fourth-order valence-corrected chi connectivity index (χ4v) is 3.57. The van der Waals surface area contributed by atoms with Crippen molar-refractivity contribution in [2.75, 3.05) is 19.6 Å². The van der Waals surface area contributed by atoms with Gasteiger partial charge in [0.05, 0.1) is 11.9 Å². The topological polar surface area (TPSA) is 50.1 Å². The van der Waals surface area contributed by atoms with Crippen LogP contribution in [-0.4, -0.2) is 55.5 Å². The molecule has 3 heterocycles. The quantitative estimate of drug-likeness (QED) is 0.806. The Kier molecular flexibility index (Phi) is 5.81. The minimum atomic E-state index is 0.562. The highest BCUT2D eigenvalue weighted by atomic mass is 15.4. The Morgan fingerprint density at radius 2 is 2.04 bits per heavy atom. The van der Waals surface area contributed by atoms with E-state index in [1.54, 1.807) is 0 Å². The van der Waals surface area contributed by atoms with Crippen LogP contribution < -0.4 is 0 Å². The molecule has 0 aliphatic carbocycles. The first-order chi connectivity index (χ1) is 12.1. The van der Waals surface area contributed by atoms with Crippen molar-refractivity contribution in [2.24, 2.45) is 13.0 Å². The molecule has 2 atom stereocenters. The van der Waals surface area contributed by atoms with Gasteiger partial charge in [-0.2, -0.15) is 0 Å². The molecule has 6 nitrogen and oxygen atoms in total. The number of hydrogen-bond acceptors (Lipinski definition) is 5. The van der Waals surface area contributed by atoms with Crippen LogP contribution in [0, 0.1) is 12.8 Å². The number of nitrogens with zero attached hydrogens (tertiary/aromatic N) is 6. The van der Waals surface area contributed by atoms with Gasteiger partial charge in [0.15, 0.2) is 0 Å². The van der Waals surface area contributed by atoms with E-state index in [1.165, 1.54) is 17.7 Å². The highest BCUT2D eigenvalue weighted by Gasteiger charge is 2.30. The second kappa shape index (κ2) is 8.06. The van der Waals surface area contributed by atoms with Crippen LogP contribution in [0.25, 0.3) is 0 Å². The lowest BCUT2D eigenvalue weighted by atomic mass is 9.94. The van der Waals surface area contributed by atoms with Gasteiger partial charge in [-0.05, 0) is 24.5 Å². The lowest BCUT2D eigenvalue weighted by molar-refractivity contribution is 0.0338. The molecule has 0 bridgehead atoms. The van der Waals surface area contributed by atoms with Gasteiger partial charge in [0.2, 0.25) is 0 Å². The summed E-state index contributed by atoms with van der Waals surface area (Å²) in [6.07, 6.45) is 5.10. The van der Waals surface area contributed by atoms with Crippen LogP contribution in [0.2, 0.25) is 0 Å². The average molecular weight is 342 g/mol. The lowest BCUT2D eigenvalue weighted by Crippen LogP contribution is -2.54. The minimum Gasteiger partial charge on any atom is -0.296 e. The van der Waals surface area contributed by atoms with E-state index in [4.69, 9.17) is 0 Å². The maximum absolute atomic E-state index is 4.44. The van der Waals surface area contributed by atoms with Crippen LogP contribution in [0.5, 0.6) is 0 Å². The molecular weight excluding hydrogens is 312 g/mol. The van der Waals surface area contributed by atoms with E-state index in [-0.39, 0.29) is 0 Å². The molecule has 0 aromatic carbocycles. The molecule has 1 saturated heterocycles. The predicted octanol–water partition coefficient (Wildman–Crippen LogP) is 2.25. The van der Waals surface area contributed by atoms with Crippen LogP contribution in [0.4, 0.5) is 0 Å². The zero-order chi connectivity index (χ0) is 17.8. The maximum atomic E-state index is 4.44. The first-order valence-corrected chi connectivity index (χ1v) is 9.28. The minimum absolute atomic E-state index is 0.562. The van der Waals surface area contributed by atoms with Crippen molar-refractivity contribution < 1.29 is 0 Å². The van der Waals surface area contributed by atoms with Crippen molar-refractivity contribution in [1.82, 2.24) is 29.8 Å². The molecule has 3 rings (SSSR count). The lowest BCUT2D eigenvalue weighted by Gasteiger charge is -2.44. The van der Waals surface area contributed by atoms with Crippen LogP contribution in [0.3, 0.4) is 0 Å². The number of pyridine rings is 1. The Morgan fingerprint density at radius 1 is 1.20 bits per heavy atom. The van der Waals surface area contributed by atoms with E-state index in [9.17, 15) is 0 Å². The van der Waals surface area contributed by atoms with Crippen molar-refractivity contribution in [2.45, 2.75) is 46.3 Å². The third-order valence-electron chi connectivity index (χ3n) is 5.47. The van der Waals surface area contributed by atoms with E-state index in [0.717, 1.165) is 38.4 Å². The smallest absolute Gasteiger partial charge is 0.0738 e. The normalized spacial score (nSPS) is 20.7. The molecule has 0 amide bonds. The van der Waals surface area contributed by atoms with Crippen molar-refractivity contribution in [3.8, 4) is 0 Å². The summed E-state index contributed by atoms with van der Waals surface area (Å²) in [6, 6.07) is 4.87. The molecule has 1 fully saturated rings. The summed E-state index contributed by atoms with van der Waals surface area (Å²) >= 11 is 0. The number of hydrogen-bond donors (Lipinski definition) is 0. The van der Waals surface area contributed by atoms with Gasteiger partial charge in [0, 0.05) is 57.7 Å². The standard InChI is InChI=1S/C19H30N6/c1-5-15(2)19-14-24(12-17-7-6-16(3)20-10-17)8-9-25(19)13-18-11-21-22-23(18)4/h6-7,10-11,15,19H,5,8-9,12-14H2,1-4H3/t15-,19-/m0/s1. The molecule has 0 N–H and O–H groups in total. The molecule has 0 saturated carbocycles. The van der Waals surface area contributed by atoms with Gasteiger partial charge in [-0.15, -0.1) is 5.10 Å². The average Bonchev–Trinajstić information content (AvgIpc) is 3.02. The fourth-order valence-electron chi connectivity index (χ4n) is 3.57. The second-order valence-corrected chi connectivity index (χ2v) is 7.32. The summed E-state index contributed by atoms with van der Waals surface area (Å²) < 4.78 is 1.89. The van der Waals surface area contributed by atoms with Crippen LogP contribution in [0.15, 0.2) is 24.5 Å². The molecular formula is C19H30N6. The molecule has 0 spiro atoms. The molecule has 0 unspecified atom stereocenters. The van der Waals surface area contributed by atoms with E-state index >= 15 is 0 Å². The number of rotatable bonds is 6. The van der Waals surface area contributed by atoms with Gasteiger partial charge < -0.3 is 0 Å². The van der Waals surface area contributed by atoms with Crippen molar-refractivity contribution in [1.29, 1.82) is 0 Å². The molecule has 136 valence electrons. The highest BCUT2D eigenvalue weighted by Crippen LogP contribution is 2.23. The van der Waals surface area contributed by atoms with Crippen LogP contribution >= 0.6 is 0 Å². The Hall–Kier alpha value is -1.79. The summed E-state index contributed by atoms with van der Waals surface area (Å²) in [4.78, 5) is 9.61. The van der Waals surface area contributed by atoms with E-state index in [2.05, 4.69) is 51.1 Å². The predicted molar refractivity (Wildman–Crippen MR) is 98.9 cm³/mol.